The summed E-state index contributed by atoms with van der Waals surface area (Å²) < 4.78 is 5.21. The average Bonchev–Trinajstić information content (AvgIpc) is 2.65. The second kappa shape index (κ2) is 9.47. The first-order valence-electron chi connectivity index (χ1n) is 8.32. The number of anilines is 1. The molecule has 132 valence electrons. The Morgan fingerprint density at radius 2 is 1.92 bits per heavy atom. The number of nitrogens with one attached hydrogen (secondary N) is 1. The van der Waals surface area contributed by atoms with E-state index in [1.165, 1.54) is 11.8 Å². The van der Waals surface area contributed by atoms with E-state index in [9.17, 15) is 4.79 Å². The highest BCUT2D eigenvalue weighted by atomic mass is 16.6. The van der Waals surface area contributed by atoms with Crippen LogP contribution in [0.25, 0.3) is 0 Å². The third-order valence-electron chi connectivity index (χ3n) is 3.98. The van der Waals surface area contributed by atoms with E-state index < -0.39 is 0 Å². The summed E-state index contributed by atoms with van der Waals surface area (Å²) in [6.45, 7) is 4.18. The SMILES string of the molecule is CC[C@@H](C)c1ccc(NC(=O)CO/N=C\c2ccccc2OC)cc1. The van der Waals surface area contributed by atoms with Crippen molar-refractivity contribution in [1.29, 1.82) is 0 Å². The van der Waals surface area contributed by atoms with Crippen LogP contribution in [-0.4, -0.2) is 25.8 Å². The van der Waals surface area contributed by atoms with Crippen molar-refractivity contribution >= 4 is 17.8 Å². The number of benzene rings is 2. The third kappa shape index (κ3) is 5.64. The fourth-order valence-corrected chi connectivity index (χ4v) is 2.29. The van der Waals surface area contributed by atoms with Gasteiger partial charge in [0, 0.05) is 11.3 Å². The number of carbonyl (C=O) groups excluding carboxylic acids is 1. The number of carbonyl (C=O) groups is 1. The quantitative estimate of drug-likeness (QED) is 0.579. The van der Waals surface area contributed by atoms with E-state index in [-0.39, 0.29) is 12.5 Å². The molecule has 0 heterocycles. The lowest BCUT2D eigenvalue weighted by atomic mass is 9.99. The molecule has 0 aliphatic carbocycles. The molecule has 0 aliphatic heterocycles. The summed E-state index contributed by atoms with van der Waals surface area (Å²) in [6.07, 6.45) is 2.61. The van der Waals surface area contributed by atoms with Gasteiger partial charge in [0.1, 0.15) is 5.75 Å². The Morgan fingerprint density at radius 1 is 1.20 bits per heavy atom. The number of methoxy groups -OCH3 is 1. The largest absolute Gasteiger partial charge is 0.496 e. The van der Waals surface area contributed by atoms with Gasteiger partial charge in [-0.1, -0.05) is 43.3 Å². The summed E-state index contributed by atoms with van der Waals surface area (Å²) in [5.74, 6) is 0.951. The molecular formula is C20H24N2O3. The van der Waals surface area contributed by atoms with Crippen LogP contribution in [-0.2, 0) is 9.63 Å². The van der Waals surface area contributed by atoms with E-state index >= 15 is 0 Å². The molecule has 0 spiro atoms. The highest BCUT2D eigenvalue weighted by molar-refractivity contribution is 5.91. The Hall–Kier alpha value is -2.82. The van der Waals surface area contributed by atoms with Crippen LogP contribution in [0.15, 0.2) is 53.7 Å². The summed E-state index contributed by atoms with van der Waals surface area (Å²) >= 11 is 0. The molecule has 0 saturated carbocycles. The van der Waals surface area contributed by atoms with Crippen LogP contribution in [0.2, 0.25) is 0 Å². The number of nitrogens with zero attached hydrogens (tertiary/aromatic N) is 1. The smallest absolute Gasteiger partial charge is 0.265 e. The van der Waals surface area contributed by atoms with Crippen LogP contribution >= 0.6 is 0 Å². The van der Waals surface area contributed by atoms with Gasteiger partial charge in [-0.15, -0.1) is 0 Å². The van der Waals surface area contributed by atoms with Crippen molar-refractivity contribution in [1.82, 2.24) is 0 Å². The molecule has 1 amide bonds. The van der Waals surface area contributed by atoms with Gasteiger partial charge < -0.3 is 14.9 Å². The van der Waals surface area contributed by atoms with Crippen molar-refractivity contribution < 1.29 is 14.4 Å². The number of para-hydroxylation sites is 1. The highest BCUT2D eigenvalue weighted by Crippen LogP contribution is 2.20. The van der Waals surface area contributed by atoms with Crippen molar-refractivity contribution in [3.8, 4) is 5.75 Å². The molecule has 25 heavy (non-hydrogen) atoms. The summed E-state index contributed by atoms with van der Waals surface area (Å²) in [5, 5.41) is 6.60. The fraction of sp³-hybridized carbons (Fsp3) is 0.300. The van der Waals surface area contributed by atoms with Crippen LogP contribution in [0, 0.1) is 0 Å². The minimum atomic E-state index is -0.256. The van der Waals surface area contributed by atoms with Crippen molar-refractivity contribution in [3.05, 3.63) is 59.7 Å². The zero-order valence-electron chi connectivity index (χ0n) is 14.9. The lowest BCUT2D eigenvalue weighted by molar-refractivity contribution is -0.120. The van der Waals surface area contributed by atoms with E-state index in [0.29, 0.717) is 11.7 Å². The van der Waals surface area contributed by atoms with Gasteiger partial charge in [0.25, 0.3) is 5.91 Å². The Kier molecular flexibility index (Phi) is 7.01. The van der Waals surface area contributed by atoms with Crippen LogP contribution in [0.4, 0.5) is 5.69 Å². The van der Waals surface area contributed by atoms with Gasteiger partial charge in [-0.25, -0.2) is 0 Å². The Bertz CT molecular complexity index is 711. The number of rotatable bonds is 8. The topological polar surface area (TPSA) is 59.9 Å². The van der Waals surface area contributed by atoms with Crippen LogP contribution in [0.3, 0.4) is 0 Å². The summed E-state index contributed by atoms with van der Waals surface area (Å²) in [4.78, 5) is 16.9. The van der Waals surface area contributed by atoms with Crippen LogP contribution in [0.5, 0.6) is 5.75 Å². The second-order valence-electron chi connectivity index (χ2n) is 5.73. The molecule has 0 fully saturated rings. The average molecular weight is 340 g/mol. The lowest BCUT2D eigenvalue weighted by Gasteiger charge is -2.10. The molecule has 2 aromatic carbocycles. The number of ether oxygens (including phenoxy) is 1. The first kappa shape index (κ1) is 18.5. The normalized spacial score (nSPS) is 12.0. The third-order valence-corrected chi connectivity index (χ3v) is 3.98. The standard InChI is InChI=1S/C20H24N2O3/c1-4-15(2)16-9-11-18(12-10-16)22-20(23)14-25-21-13-17-7-5-6-8-19(17)24-3/h5-13,15H,4,14H2,1-3H3,(H,22,23)/b21-13-/t15-/m1/s1. The summed E-state index contributed by atoms with van der Waals surface area (Å²) in [7, 11) is 1.59. The Morgan fingerprint density at radius 3 is 2.60 bits per heavy atom. The van der Waals surface area contributed by atoms with Gasteiger partial charge in [0.15, 0.2) is 6.61 Å². The van der Waals surface area contributed by atoms with E-state index in [4.69, 9.17) is 9.57 Å². The number of hydrogen-bond acceptors (Lipinski definition) is 4. The zero-order chi connectivity index (χ0) is 18.1. The zero-order valence-corrected chi connectivity index (χ0v) is 14.9. The maximum Gasteiger partial charge on any atom is 0.265 e. The fourth-order valence-electron chi connectivity index (χ4n) is 2.29. The maximum atomic E-state index is 11.9. The highest BCUT2D eigenvalue weighted by Gasteiger charge is 2.05. The summed E-state index contributed by atoms with van der Waals surface area (Å²) in [6, 6.07) is 15.3. The molecule has 0 radical (unpaired) electrons. The van der Waals surface area contributed by atoms with Gasteiger partial charge in [-0.2, -0.15) is 0 Å². The minimum Gasteiger partial charge on any atom is -0.496 e. The van der Waals surface area contributed by atoms with Gasteiger partial charge >= 0.3 is 0 Å². The molecule has 1 N–H and O–H groups in total. The van der Waals surface area contributed by atoms with Gasteiger partial charge in [-0.3, -0.25) is 4.79 Å². The molecule has 1 atom stereocenters. The van der Waals surface area contributed by atoms with Crippen molar-refractivity contribution in [2.45, 2.75) is 26.2 Å². The maximum absolute atomic E-state index is 11.9. The molecule has 0 bridgehead atoms. The molecule has 2 aromatic rings. The van der Waals surface area contributed by atoms with Gasteiger partial charge in [-0.05, 0) is 42.2 Å². The van der Waals surface area contributed by atoms with Gasteiger partial charge in [0.05, 0.1) is 13.3 Å². The molecule has 0 saturated heterocycles. The van der Waals surface area contributed by atoms with E-state index in [1.54, 1.807) is 7.11 Å². The monoisotopic (exact) mass is 340 g/mol. The molecule has 0 aliphatic rings. The van der Waals surface area contributed by atoms with Crippen molar-refractivity contribution in [2.24, 2.45) is 5.16 Å². The molecular weight excluding hydrogens is 316 g/mol. The van der Waals surface area contributed by atoms with E-state index in [2.05, 4.69) is 24.3 Å². The molecule has 5 nitrogen and oxygen atoms in total. The van der Waals surface area contributed by atoms with E-state index in [1.807, 2.05) is 48.5 Å². The van der Waals surface area contributed by atoms with E-state index in [0.717, 1.165) is 17.7 Å². The lowest BCUT2D eigenvalue weighted by Crippen LogP contribution is -2.17. The van der Waals surface area contributed by atoms with Crippen LogP contribution in [0.1, 0.15) is 37.3 Å². The number of hydrogen-bond donors (Lipinski definition) is 1. The molecule has 5 heteroatoms. The Labute approximate surface area is 148 Å². The number of oxime groups is 1. The molecule has 0 aromatic heterocycles. The molecule has 0 unspecified atom stereocenters. The predicted octanol–water partition coefficient (Wildman–Crippen LogP) is 4.20. The molecule has 2 rings (SSSR count). The predicted molar refractivity (Wildman–Crippen MR) is 100 cm³/mol. The first-order chi connectivity index (χ1) is 12.1. The summed E-state index contributed by atoms with van der Waals surface area (Å²) in [5.41, 5.74) is 2.79. The second-order valence-corrected chi connectivity index (χ2v) is 5.73. The number of amides is 1. The minimum absolute atomic E-state index is 0.154. The van der Waals surface area contributed by atoms with Crippen LogP contribution < -0.4 is 10.1 Å². The van der Waals surface area contributed by atoms with Crippen molar-refractivity contribution in [2.75, 3.05) is 19.0 Å². The Balaban J connectivity index is 1.81. The van der Waals surface area contributed by atoms with Crippen molar-refractivity contribution in [3.63, 3.8) is 0 Å². The first-order valence-corrected chi connectivity index (χ1v) is 8.32. The van der Waals surface area contributed by atoms with Gasteiger partial charge in [0.2, 0.25) is 0 Å².